The quantitative estimate of drug-likeness (QED) is 0.436. The van der Waals surface area contributed by atoms with Gasteiger partial charge in [0.2, 0.25) is 19.7 Å². The van der Waals surface area contributed by atoms with Crippen LogP contribution in [-0.4, -0.2) is 44.7 Å². The van der Waals surface area contributed by atoms with Gasteiger partial charge in [0.25, 0.3) is 5.91 Å². The Morgan fingerprint density at radius 2 is 1.25 bits per heavy atom. The molecule has 10 heteroatoms. The molecule has 1 N–H and O–H groups in total. The van der Waals surface area contributed by atoms with Crippen molar-refractivity contribution in [1.82, 2.24) is 9.88 Å². The Balaban J connectivity index is 2.00. The Labute approximate surface area is 212 Å². The van der Waals surface area contributed by atoms with Gasteiger partial charge in [0.15, 0.2) is 4.24 Å². The molecule has 0 aliphatic carbocycles. The van der Waals surface area contributed by atoms with Crippen LogP contribution in [0.1, 0.15) is 38.1 Å². The van der Waals surface area contributed by atoms with Gasteiger partial charge in [-0.25, -0.2) is 21.8 Å². The number of sulfone groups is 2. The van der Waals surface area contributed by atoms with E-state index in [1.165, 1.54) is 60.8 Å². The fourth-order valence-electron chi connectivity index (χ4n) is 3.68. The maximum atomic E-state index is 13.4. The number of anilines is 1. The third-order valence-electron chi connectivity index (χ3n) is 5.33. The number of benzene rings is 2. The van der Waals surface area contributed by atoms with Gasteiger partial charge in [-0.2, -0.15) is 0 Å². The normalized spacial score (nSPS) is 11.8. The van der Waals surface area contributed by atoms with E-state index >= 15 is 0 Å². The Morgan fingerprint density at radius 3 is 1.64 bits per heavy atom. The predicted octanol–water partition coefficient (Wildman–Crippen LogP) is 4.50. The summed E-state index contributed by atoms with van der Waals surface area (Å²) in [6, 6.07) is 17.7. The van der Waals surface area contributed by atoms with E-state index in [1.54, 1.807) is 23.1 Å². The van der Waals surface area contributed by atoms with Crippen molar-refractivity contribution < 1.29 is 21.6 Å². The van der Waals surface area contributed by atoms with Gasteiger partial charge in [-0.15, -0.1) is 0 Å². The van der Waals surface area contributed by atoms with Crippen LogP contribution in [0, 0.1) is 0 Å². The standard InChI is InChI=1S/C26H29N3O5S2/c1-19(2)29(20(3)4)26(30)21-15-16-24(27-17-21)28-18-25(35(31,32)22-11-7-5-8-12-22)36(33,34)23-13-9-6-10-14-23/h5-20H,1-4H3,(H,27,28). The second-order valence-corrected chi connectivity index (χ2v) is 12.7. The minimum absolute atomic E-state index is 0.00724. The van der Waals surface area contributed by atoms with Crippen LogP contribution in [0.2, 0.25) is 0 Å². The van der Waals surface area contributed by atoms with Gasteiger partial charge in [0.05, 0.1) is 15.4 Å². The fourth-order valence-corrected chi connectivity index (χ4v) is 7.34. The van der Waals surface area contributed by atoms with Crippen molar-refractivity contribution in [2.75, 3.05) is 5.32 Å². The van der Waals surface area contributed by atoms with Crippen molar-refractivity contribution in [3.63, 3.8) is 0 Å². The van der Waals surface area contributed by atoms with Crippen LogP contribution in [0.3, 0.4) is 0 Å². The van der Waals surface area contributed by atoms with E-state index in [9.17, 15) is 21.6 Å². The molecule has 0 bridgehead atoms. The topological polar surface area (TPSA) is 114 Å². The second-order valence-electron chi connectivity index (χ2n) is 8.57. The molecular formula is C26H29N3O5S2. The highest BCUT2D eigenvalue weighted by molar-refractivity contribution is 8.14. The molecule has 1 amide bonds. The number of hydrogen-bond acceptors (Lipinski definition) is 7. The van der Waals surface area contributed by atoms with Gasteiger partial charge < -0.3 is 10.2 Å². The molecule has 0 atom stereocenters. The Morgan fingerprint density at radius 1 is 0.778 bits per heavy atom. The molecule has 3 aromatic rings. The number of amides is 1. The largest absolute Gasteiger partial charge is 0.345 e. The van der Waals surface area contributed by atoms with Crippen molar-refractivity contribution in [3.05, 3.63) is 95.0 Å². The molecule has 1 heterocycles. The monoisotopic (exact) mass is 527 g/mol. The molecule has 0 spiro atoms. The van der Waals surface area contributed by atoms with E-state index in [0.29, 0.717) is 5.56 Å². The predicted molar refractivity (Wildman–Crippen MR) is 140 cm³/mol. The SMILES string of the molecule is CC(C)N(C(=O)c1ccc(NC=C(S(=O)(=O)c2ccccc2)S(=O)(=O)c2ccccc2)nc1)C(C)C. The summed E-state index contributed by atoms with van der Waals surface area (Å²) in [7, 11) is -8.81. The van der Waals surface area contributed by atoms with Crippen LogP contribution in [0.5, 0.6) is 0 Å². The second kappa shape index (κ2) is 11.0. The third kappa shape index (κ3) is 5.83. The average Bonchev–Trinajstić information content (AvgIpc) is 2.85. The number of carbonyl (C=O) groups is 1. The lowest BCUT2D eigenvalue weighted by atomic mass is 10.1. The fraction of sp³-hybridized carbons (Fsp3) is 0.231. The summed E-state index contributed by atoms with van der Waals surface area (Å²) >= 11 is 0. The van der Waals surface area contributed by atoms with Gasteiger partial charge in [-0.05, 0) is 64.1 Å². The first-order chi connectivity index (χ1) is 17.0. The Hall–Kier alpha value is -3.50. The molecule has 0 radical (unpaired) electrons. The Kier molecular flexibility index (Phi) is 8.31. The summed E-state index contributed by atoms with van der Waals surface area (Å²) in [5, 5.41) is 2.68. The minimum Gasteiger partial charge on any atom is -0.345 e. The molecule has 3 rings (SSSR count). The number of carbonyl (C=O) groups excluding carboxylic acids is 1. The molecule has 8 nitrogen and oxygen atoms in total. The maximum Gasteiger partial charge on any atom is 0.255 e. The minimum atomic E-state index is -4.41. The average molecular weight is 528 g/mol. The molecule has 0 aliphatic heterocycles. The highest BCUT2D eigenvalue weighted by Crippen LogP contribution is 2.29. The molecule has 0 saturated heterocycles. The molecular weight excluding hydrogens is 498 g/mol. The summed E-state index contributed by atoms with van der Waals surface area (Å²) in [4.78, 5) is 18.5. The number of aromatic nitrogens is 1. The number of hydrogen-bond donors (Lipinski definition) is 1. The first kappa shape index (κ1) is 27.1. The van der Waals surface area contributed by atoms with Crippen molar-refractivity contribution in [2.45, 2.75) is 49.6 Å². The highest BCUT2D eigenvalue weighted by atomic mass is 32.3. The zero-order valence-electron chi connectivity index (χ0n) is 20.5. The summed E-state index contributed by atoms with van der Waals surface area (Å²) in [5.41, 5.74) is 0.362. The highest BCUT2D eigenvalue weighted by Gasteiger charge is 2.33. The van der Waals surface area contributed by atoms with Crippen molar-refractivity contribution >= 4 is 31.4 Å². The van der Waals surface area contributed by atoms with Gasteiger partial charge in [-0.3, -0.25) is 4.79 Å². The number of rotatable bonds is 9. The molecule has 0 saturated carbocycles. The van der Waals surface area contributed by atoms with Gasteiger partial charge in [0, 0.05) is 24.5 Å². The van der Waals surface area contributed by atoms with E-state index in [1.807, 2.05) is 27.7 Å². The number of nitrogens with zero attached hydrogens (tertiary/aromatic N) is 2. The lowest BCUT2D eigenvalue weighted by Gasteiger charge is -2.30. The van der Waals surface area contributed by atoms with Crippen LogP contribution in [0.4, 0.5) is 5.82 Å². The lowest BCUT2D eigenvalue weighted by molar-refractivity contribution is 0.0643. The van der Waals surface area contributed by atoms with Gasteiger partial charge >= 0.3 is 0 Å². The van der Waals surface area contributed by atoms with Crippen molar-refractivity contribution in [1.29, 1.82) is 0 Å². The van der Waals surface area contributed by atoms with Crippen LogP contribution in [0.25, 0.3) is 0 Å². The van der Waals surface area contributed by atoms with Crippen LogP contribution in [0.15, 0.2) is 99.2 Å². The van der Waals surface area contributed by atoms with E-state index in [-0.39, 0.29) is 33.6 Å². The Bertz CT molecular complexity index is 1350. The van der Waals surface area contributed by atoms with E-state index in [4.69, 9.17) is 0 Å². The zero-order valence-corrected chi connectivity index (χ0v) is 22.1. The summed E-state index contributed by atoms with van der Waals surface area (Å²) in [5.74, 6) is -0.00944. The van der Waals surface area contributed by atoms with Crippen molar-refractivity contribution in [3.8, 4) is 0 Å². The molecule has 36 heavy (non-hydrogen) atoms. The molecule has 2 aromatic carbocycles. The van der Waals surface area contributed by atoms with E-state index in [2.05, 4.69) is 10.3 Å². The van der Waals surface area contributed by atoms with Gasteiger partial charge in [0.1, 0.15) is 5.82 Å². The lowest BCUT2D eigenvalue weighted by Crippen LogP contribution is -2.42. The van der Waals surface area contributed by atoms with Crippen LogP contribution in [-0.2, 0) is 19.7 Å². The van der Waals surface area contributed by atoms with Crippen LogP contribution < -0.4 is 5.32 Å². The summed E-state index contributed by atoms with van der Waals surface area (Å²) < 4.78 is 52.6. The molecule has 1 aromatic heterocycles. The molecule has 0 fully saturated rings. The maximum absolute atomic E-state index is 13.4. The van der Waals surface area contributed by atoms with E-state index in [0.717, 1.165) is 6.20 Å². The molecule has 0 aliphatic rings. The molecule has 190 valence electrons. The smallest absolute Gasteiger partial charge is 0.255 e. The third-order valence-corrected chi connectivity index (χ3v) is 9.73. The first-order valence-electron chi connectivity index (χ1n) is 11.3. The number of pyridine rings is 1. The zero-order chi connectivity index (χ0) is 26.5. The molecule has 0 unspecified atom stereocenters. The van der Waals surface area contributed by atoms with Crippen molar-refractivity contribution in [2.24, 2.45) is 0 Å². The van der Waals surface area contributed by atoms with E-state index < -0.39 is 23.9 Å². The first-order valence-corrected chi connectivity index (χ1v) is 14.3. The summed E-state index contributed by atoms with van der Waals surface area (Å²) in [6.07, 6.45) is 2.29. The van der Waals surface area contributed by atoms with Crippen LogP contribution >= 0.6 is 0 Å². The van der Waals surface area contributed by atoms with Gasteiger partial charge in [-0.1, -0.05) is 36.4 Å². The summed E-state index contributed by atoms with van der Waals surface area (Å²) in [6.45, 7) is 7.70. The number of nitrogens with one attached hydrogen (secondary N) is 1.